The second-order valence-electron chi connectivity index (χ2n) is 10.9. The van der Waals surface area contributed by atoms with Crippen LogP contribution < -0.4 is 0 Å². The Morgan fingerprint density at radius 1 is 1.09 bits per heavy atom. The number of nitrogens with zero attached hydrogens (tertiary/aromatic N) is 5. The average Bonchev–Trinajstić information content (AvgIpc) is 3.47. The molecule has 9 heteroatoms. The second kappa shape index (κ2) is 6.77. The number of fused-ring (bicyclic) bond motifs is 1. The third-order valence-corrected chi connectivity index (χ3v) is 8.42. The number of rotatable bonds is 4. The third kappa shape index (κ3) is 2.98. The molecule has 0 aromatic carbocycles. The molecule has 3 aromatic rings. The molecule has 1 aliphatic heterocycles. The van der Waals surface area contributed by atoms with Crippen molar-refractivity contribution in [3.8, 4) is 0 Å². The van der Waals surface area contributed by atoms with Crippen molar-refractivity contribution < 1.29 is 17.9 Å². The molecular weight excluding hydrogens is 443 g/mol. The van der Waals surface area contributed by atoms with Crippen LogP contribution in [0, 0.1) is 12.3 Å². The Bertz CT molecular complexity index is 1280. The molecular formula is C25H26F3N5O. The van der Waals surface area contributed by atoms with E-state index in [0.717, 1.165) is 35.3 Å². The van der Waals surface area contributed by atoms with Gasteiger partial charge in [0.1, 0.15) is 5.52 Å². The second-order valence-corrected chi connectivity index (χ2v) is 10.9. The zero-order chi connectivity index (χ0) is 23.3. The van der Waals surface area contributed by atoms with Gasteiger partial charge in [0, 0.05) is 41.6 Å². The van der Waals surface area contributed by atoms with Gasteiger partial charge in [-0.2, -0.15) is 18.3 Å². The summed E-state index contributed by atoms with van der Waals surface area (Å²) in [5.74, 6) is 0.150. The lowest BCUT2D eigenvalue weighted by Gasteiger charge is -2.70. The molecule has 0 spiro atoms. The zero-order valence-corrected chi connectivity index (χ0v) is 19.0. The van der Waals surface area contributed by atoms with Gasteiger partial charge in [-0.05, 0) is 57.9 Å². The quantitative estimate of drug-likeness (QED) is 0.506. The fraction of sp³-hybridized carbons (Fsp3) is 0.600. The number of aromatic nitrogens is 5. The molecule has 6 nitrogen and oxygen atoms in total. The van der Waals surface area contributed by atoms with E-state index in [1.807, 2.05) is 23.9 Å². The molecule has 8 rings (SSSR count). The molecule has 0 N–H and O–H groups in total. The number of hydrogen-bond donors (Lipinski definition) is 0. The van der Waals surface area contributed by atoms with Gasteiger partial charge in [0.2, 0.25) is 0 Å². The summed E-state index contributed by atoms with van der Waals surface area (Å²) in [5, 5.41) is 4.51. The van der Waals surface area contributed by atoms with Crippen LogP contribution in [-0.4, -0.2) is 37.5 Å². The molecule has 178 valence electrons. The number of halogens is 3. The molecule has 0 unspecified atom stereocenters. The van der Waals surface area contributed by atoms with Crippen LogP contribution in [0.2, 0.25) is 0 Å². The van der Waals surface area contributed by atoms with Crippen LogP contribution in [-0.2, 0) is 10.2 Å². The van der Waals surface area contributed by atoms with Crippen molar-refractivity contribution in [2.45, 2.75) is 81.5 Å². The van der Waals surface area contributed by atoms with Crippen molar-refractivity contribution in [2.75, 3.05) is 6.61 Å². The first kappa shape index (κ1) is 20.8. The predicted molar refractivity (Wildman–Crippen MR) is 117 cm³/mol. The Balaban J connectivity index is 1.22. The minimum atomic E-state index is -4.15. The van der Waals surface area contributed by atoms with Crippen LogP contribution >= 0.6 is 0 Å². The molecule has 1 saturated heterocycles. The van der Waals surface area contributed by atoms with E-state index in [4.69, 9.17) is 9.72 Å². The van der Waals surface area contributed by atoms with Crippen molar-refractivity contribution in [2.24, 2.45) is 5.41 Å². The highest BCUT2D eigenvalue weighted by Crippen LogP contribution is 2.78. The monoisotopic (exact) mass is 469 g/mol. The average molecular weight is 470 g/mol. The van der Waals surface area contributed by atoms with Crippen LogP contribution in [0.25, 0.3) is 11.0 Å². The van der Waals surface area contributed by atoms with E-state index in [-0.39, 0.29) is 31.3 Å². The van der Waals surface area contributed by atoms with Gasteiger partial charge in [-0.3, -0.25) is 14.6 Å². The number of alkyl halides is 3. The van der Waals surface area contributed by atoms with E-state index in [0.29, 0.717) is 23.9 Å². The maximum Gasteiger partial charge on any atom is 0.394 e. The summed E-state index contributed by atoms with van der Waals surface area (Å²) >= 11 is 0. The Hall–Kier alpha value is -2.55. The largest absolute Gasteiger partial charge is 0.394 e. The summed E-state index contributed by atoms with van der Waals surface area (Å²) in [4.78, 5) is 14.3. The molecule has 0 amide bonds. The topological polar surface area (TPSA) is 65.7 Å². The van der Waals surface area contributed by atoms with Crippen molar-refractivity contribution in [3.05, 3.63) is 47.3 Å². The standard InChI is InChI=1S/C25H26F3N5O/c1-14-8-29-21-19(31-14)7-18(32-22(21)23-11-24(12-23,13-23)25(26,27)28)15-4-5-34-20(6-15)16-9-30-33(10-16)17-2-3-17/h7-10,15,17,20H,2-6,11-13H2,1H3/t15-,20+,23?,24?/m0/s1. The van der Waals surface area contributed by atoms with E-state index < -0.39 is 17.0 Å². The Morgan fingerprint density at radius 3 is 2.62 bits per heavy atom. The van der Waals surface area contributed by atoms with Crippen molar-refractivity contribution in [1.82, 2.24) is 24.7 Å². The predicted octanol–water partition coefficient (Wildman–Crippen LogP) is 5.48. The van der Waals surface area contributed by atoms with Crippen LogP contribution in [0.5, 0.6) is 0 Å². The number of ether oxygens (including phenoxy) is 1. The number of pyridine rings is 1. The molecule has 4 heterocycles. The van der Waals surface area contributed by atoms with Crippen LogP contribution in [0.1, 0.15) is 85.7 Å². The molecule has 34 heavy (non-hydrogen) atoms. The molecule has 5 fully saturated rings. The first-order chi connectivity index (χ1) is 16.3. The highest BCUT2D eigenvalue weighted by atomic mass is 19.4. The fourth-order valence-corrected chi connectivity index (χ4v) is 6.41. The van der Waals surface area contributed by atoms with Gasteiger partial charge in [0.15, 0.2) is 0 Å². The molecule has 0 radical (unpaired) electrons. The minimum Gasteiger partial charge on any atom is -0.373 e. The number of aryl methyl sites for hydroxylation is 1. The van der Waals surface area contributed by atoms with Gasteiger partial charge in [0.05, 0.1) is 40.7 Å². The van der Waals surface area contributed by atoms with Gasteiger partial charge >= 0.3 is 6.18 Å². The summed E-state index contributed by atoms with van der Waals surface area (Å²) in [5.41, 5.74) is 2.82. The molecule has 4 aliphatic carbocycles. The highest BCUT2D eigenvalue weighted by Gasteiger charge is 2.79. The lowest BCUT2D eigenvalue weighted by Crippen LogP contribution is -2.70. The van der Waals surface area contributed by atoms with E-state index in [1.165, 1.54) is 12.8 Å². The smallest absolute Gasteiger partial charge is 0.373 e. The summed E-state index contributed by atoms with van der Waals surface area (Å²) in [6, 6.07) is 2.51. The Labute approximate surface area is 194 Å². The number of hydrogen-bond acceptors (Lipinski definition) is 5. The fourth-order valence-electron chi connectivity index (χ4n) is 6.41. The first-order valence-corrected chi connectivity index (χ1v) is 12.1. The van der Waals surface area contributed by atoms with Gasteiger partial charge in [0.25, 0.3) is 0 Å². The lowest BCUT2D eigenvalue weighted by atomic mass is 9.34. The zero-order valence-electron chi connectivity index (χ0n) is 19.0. The van der Waals surface area contributed by atoms with Crippen molar-refractivity contribution in [1.29, 1.82) is 0 Å². The first-order valence-electron chi connectivity index (χ1n) is 12.1. The van der Waals surface area contributed by atoms with Gasteiger partial charge < -0.3 is 4.74 Å². The van der Waals surface area contributed by atoms with Crippen LogP contribution in [0.15, 0.2) is 24.7 Å². The summed E-state index contributed by atoms with van der Waals surface area (Å²) < 4.78 is 48.7. The van der Waals surface area contributed by atoms with E-state index in [1.54, 1.807) is 6.20 Å². The molecule has 5 aliphatic rings. The maximum atomic E-state index is 13.5. The van der Waals surface area contributed by atoms with Crippen molar-refractivity contribution in [3.63, 3.8) is 0 Å². The van der Waals surface area contributed by atoms with E-state index in [2.05, 4.69) is 21.3 Å². The Morgan fingerprint density at radius 2 is 1.88 bits per heavy atom. The van der Waals surface area contributed by atoms with Gasteiger partial charge in [-0.25, -0.2) is 4.98 Å². The third-order valence-electron chi connectivity index (χ3n) is 8.42. The lowest BCUT2D eigenvalue weighted by molar-refractivity contribution is -0.337. The van der Waals surface area contributed by atoms with Crippen LogP contribution in [0.3, 0.4) is 0 Å². The van der Waals surface area contributed by atoms with E-state index in [9.17, 15) is 13.2 Å². The maximum absolute atomic E-state index is 13.5. The summed E-state index contributed by atoms with van der Waals surface area (Å²) in [7, 11) is 0. The molecule has 3 aromatic heterocycles. The van der Waals surface area contributed by atoms with Crippen LogP contribution in [0.4, 0.5) is 13.2 Å². The SMILES string of the molecule is Cc1cnc2c(C34CC(C(F)(F)F)(C3)C4)nc([C@H]3CCO[C@@H](c4cnn(C5CC5)c4)C3)cc2n1. The molecule has 2 atom stereocenters. The summed E-state index contributed by atoms with van der Waals surface area (Å²) in [6.45, 7) is 2.49. The van der Waals surface area contributed by atoms with Crippen molar-refractivity contribution >= 4 is 11.0 Å². The molecule has 4 saturated carbocycles. The normalized spacial score (nSPS) is 32.9. The molecule has 2 bridgehead atoms. The highest BCUT2D eigenvalue weighted by molar-refractivity contribution is 5.79. The van der Waals surface area contributed by atoms with E-state index >= 15 is 0 Å². The van der Waals surface area contributed by atoms with Gasteiger partial charge in [-0.1, -0.05) is 0 Å². The summed E-state index contributed by atoms with van der Waals surface area (Å²) in [6.07, 6.45) is 5.76. The minimum absolute atomic E-state index is 0.0563. The Kier molecular flexibility index (Phi) is 4.14. The van der Waals surface area contributed by atoms with Gasteiger partial charge in [-0.15, -0.1) is 0 Å².